The smallest absolute Gasteiger partial charge is 0.237 e. The van der Waals surface area contributed by atoms with Gasteiger partial charge in [-0.15, -0.1) is 0 Å². The van der Waals surface area contributed by atoms with Gasteiger partial charge >= 0.3 is 0 Å². The SMILES string of the molecule is CC(NCC(C)(O)CN(C)C)C(=O)NC1CC1. The average Bonchev–Trinajstić information content (AvgIpc) is 2.96. The van der Waals surface area contributed by atoms with Crippen molar-refractivity contribution in [3.63, 3.8) is 0 Å². The third-order valence-corrected chi connectivity index (χ3v) is 2.76. The Balaban J connectivity index is 2.25. The highest BCUT2D eigenvalue weighted by atomic mass is 16.3. The lowest BCUT2D eigenvalue weighted by molar-refractivity contribution is -0.123. The fourth-order valence-electron chi connectivity index (χ4n) is 1.76. The van der Waals surface area contributed by atoms with Crippen LogP contribution >= 0.6 is 0 Å². The van der Waals surface area contributed by atoms with Gasteiger partial charge in [-0.25, -0.2) is 0 Å². The van der Waals surface area contributed by atoms with Crippen molar-refractivity contribution in [1.29, 1.82) is 0 Å². The first-order valence-electron chi connectivity index (χ1n) is 6.21. The molecule has 1 amide bonds. The molecule has 0 radical (unpaired) electrons. The van der Waals surface area contributed by atoms with Crippen LogP contribution in [0.3, 0.4) is 0 Å². The van der Waals surface area contributed by atoms with Gasteiger partial charge < -0.3 is 20.6 Å². The zero-order valence-electron chi connectivity index (χ0n) is 11.3. The first kappa shape index (κ1) is 14.4. The minimum absolute atomic E-state index is 0.0214. The number of aliphatic hydroxyl groups is 1. The highest BCUT2D eigenvalue weighted by molar-refractivity contribution is 5.81. The lowest BCUT2D eigenvalue weighted by Crippen LogP contribution is -2.51. The number of nitrogens with zero attached hydrogens (tertiary/aromatic N) is 1. The van der Waals surface area contributed by atoms with Gasteiger partial charge in [0.15, 0.2) is 0 Å². The van der Waals surface area contributed by atoms with Crippen molar-refractivity contribution in [1.82, 2.24) is 15.5 Å². The second-order valence-corrected chi connectivity index (χ2v) is 5.62. The summed E-state index contributed by atoms with van der Waals surface area (Å²) < 4.78 is 0. The maximum absolute atomic E-state index is 11.7. The molecule has 0 heterocycles. The van der Waals surface area contributed by atoms with E-state index >= 15 is 0 Å². The van der Waals surface area contributed by atoms with Gasteiger partial charge in [0.05, 0.1) is 11.6 Å². The van der Waals surface area contributed by atoms with E-state index in [1.807, 2.05) is 25.9 Å². The van der Waals surface area contributed by atoms with E-state index < -0.39 is 5.60 Å². The molecule has 1 rings (SSSR count). The second-order valence-electron chi connectivity index (χ2n) is 5.62. The fourth-order valence-corrected chi connectivity index (χ4v) is 1.76. The van der Waals surface area contributed by atoms with Gasteiger partial charge in [-0.1, -0.05) is 0 Å². The number of carbonyl (C=O) groups excluding carboxylic acids is 1. The van der Waals surface area contributed by atoms with Crippen LogP contribution in [0.5, 0.6) is 0 Å². The summed E-state index contributed by atoms with van der Waals surface area (Å²) in [4.78, 5) is 13.6. The Hall–Kier alpha value is -0.650. The Morgan fingerprint density at radius 2 is 2.12 bits per heavy atom. The zero-order chi connectivity index (χ0) is 13.1. The molecule has 2 unspecified atom stereocenters. The van der Waals surface area contributed by atoms with Crippen molar-refractivity contribution in [3.8, 4) is 0 Å². The highest BCUT2D eigenvalue weighted by Crippen LogP contribution is 2.18. The number of likely N-dealkylation sites (N-methyl/N-ethyl adjacent to an activating group) is 1. The van der Waals surface area contributed by atoms with E-state index in [4.69, 9.17) is 0 Å². The number of hydrogen-bond acceptors (Lipinski definition) is 4. The van der Waals surface area contributed by atoms with E-state index in [0.717, 1.165) is 12.8 Å². The predicted octanol–water partition coefficient (Wildman–Crippen LogP) is -0.444. The van der Waals surface area contributed by atoms with Crippen molar-refractivity contribution >= 4 is 5.91 Å². The summed E-state index contributed by atoms with van der Waals surface area (Å²) in [5.41, 5.74) is -0.822. The largest absolute Gasteiger partial charge is 0.388 e. The summed E-state index contributed by atoms with van der Waals surface area (Å²) in [5, 5.41) is 16.1. The molecule has 1 aliphatic carbocycles. The minimum Gasteiger partial charge on any atom is -0.388 e. The molecule has 17 heavy (non-hydrogen) atoms. The Morgan fingerprint density at radius 1 is 1.53 bits per heavy atom. The molecule has 1 aliphatic rings. The summed E-state index contributed by atoms with van der Waals surface area (Å²) >= 11 is 0. The van der Waals surface area contributed by atoms with Crippen molar-refractivity contribution in [2.75, 3.05) is 27.2 Å². The maximum Gasteiger partial charge on any atom is 0.237 e. The Kier molecular flexibility index (Phi) is 4.91. The highest BCUT2D eigenvalue weighted by Gasteiger charge is 2.27. The zero-order valence-corrected chi connectivity index (χ0v) is 11.3. The lowest BCUT2D eigenvalue weighted by atomic mass is 10.1. The van der Waals surface area contributed by atoms with E-state index in [1.54, 1.807) is 6.92 Å². The van der Waals surface area contributed by atoms with E-state index in [0.29, 0.717) is 19.1 Å². The van der Waals surface area contributed by atoms with Gasteiger partial charge in [0.1, 0.15) is 0 Å². The van der Waals surface area contributed by atoms with Crippen LogP contribution in [0.15, 0.2) is 0 Å². The van der Waals surface area contributed by atoms with Crippen molar-refractivity contribution in [2.45, 2.75) is 44.4 Å². The third kappa shape index (κ3) is 6.00. The van der Waals surface area contributed by atoms with Crippen molar-refractivity contribution in [3.05, 3.63) is 0 Å². The van der Waals surface area contributed by atoms with Gasteiger partial charge in [0, 0.05) is 19.1 Å². The molecule has 1 fully saturated rings. The Labute approximate surface area is 104 Å². The molecule has 0 aromatic heterocycles. The first-order valence-corrected chi connectivity index (χ1v) is 6.21. The molecule has 5 heteroatoms. The minimum atomic E-state index is -0.822. The number of carbonyl (C=O) groups is 1. The summed E-state index contributed by atoms with van der Waals surface area (Å²) in [6.07, 6.45) is 2.19. The van der Waals surface area contributed by atoms with Crippen LogP contribution in [0.25, 0.3) is 0 Å². The number of nitrogens with one attached hydrogen (secondary N) is 2. The van der Waals surface area contributed by atoms with Crippen LogP contribution < -0.4 is 10.6 Å². The third-order valence-electron chi connectivity index (χ3n) is 2.76. The van der Waals surface area contributed by atoms with E-state index in [2.05, 4.69) is 10.6 Å². The van der Waals surface area contributed by atoms with Crippen LogP contribution in [-0.2, 0) is 4.79 Å². The van der Waals surface area contributed by atoms with Crippen LogP contribution in [0.2, 0.25) is 0 Å². The molecular formula is C12H25N3O2. The molecule has 100 valence electrons. The number of amides is 1. The summed E-state index contributed by atoms with van der Waals surface area (Å²) in [5.74, 6) is 0.0214. The van der Waals surface area contributed by atoms with E-state index in [-0.39, 0.29) is 11.9 Å². The molecule has 0 aliphatic heterocycles. The van der Waals surface area contributed by atoms with Crippen LogP contribution in [0.4, 0.5) is 0 Å². The molecule has 0 spiro atoms. The summed E-state index contributed by atoms with van der Waals surface area (Å²) in [6, 6.07) is 0.123. The van der Waals surface area contributed by atoms with Gasteiger partial charge in [0.2, 0.25) is 5.91 Å². The number of rotatable bonds is 7. The van der Waals surface area contributed by atoms with Gasteiger partial charge in [0.25, 0.3) is 0 Å². The quantitative estimate of drug-likeness (QED) is 0.567. The number of hydrogen-bond donors (Lipinski definition) is 3. The normalized spacial score (nSPS) is 21.1. The molecular weight excluding hydrogens is 218 g/mol. The van der Waals surface area contributed by atoms with Gasteiger partial charge in [-0.3, -0.25) is 4.79 Å². The predicted molar refractivity (Wildman–Crippen MR) is 67.8 cm³/mol. The Morgan fingerprint density at radius 3 is 2.59 bits per heavy atom. The first-order chi connectivity index (χ1) is 7.80. The summed E-state index contributed by atoms with van der Waals surface area (Å²) in [6.45, 7) is 4.57. The van der Waals surface area contributed by atoms with E-state index in [9.17, 15) is 9.90 Å². The molecule has 0 bridgehead atoms. The maximum atomic E-state index is 11.7. The average molecular weight is 243 g/mol. The second kappa shape index (κ2) is 5.80. The molecule has 3 N–H and O–H groups in total. The lowest BCUT2D eigenvalue weighted by Gasteiger charge is -2.28. The molecule has 0 aromatic rings. The molecule has 2 atom stereocenters. The molecule has 5 nitrogen and oxygen atoms in total. The summed E-state index contributed by atoms with van der Waals surface area (Å²) in [7, 11) is 3.83. The van der Waals surface area contributed by atoms with E-state index in [1.165, 1.54) is 0 Å². The van der Waals surface area contributed by atoms with Gasteiger partial charge in [-0.2, -0.15) is 0 Å². The van der Waals surface area contributed by atoms with Crippen molar-refractivity contribution < 1.29 is 9.90 Å². The topological polar surface area (TPSA) is 64.6 Å². The Bertz CT molecular complexity index is 262. The van der Waals surface area contributed by atoms with Crippen LogP contribution in [-0.4, -0.2) is 60.8 Å². The van der Waals surface area contributed by atoms with Crippen molar-refractivity contribution in [2.24, 2.45) is 0 Å². The monoisotopic (exact) mass is 243 g/mol. The van der Waals surface area contributed by atoms with Crippen LogP contribution in [0.1, 0.15) is 26.7 Å². The molecule has 0 aromatic carbocycles. The molecule has 1 saturated carbocycles. The standard InChI is InChI=1S/C12H25N3O2/c1-9(11(16)14-10-5-6-10)13-7-12(2,17)8-15(3)4/h9-10,13,17H,5-8H2,1-4H3,(H,14,16). The fraction of sp³-hybridized carbons (Fsp3) is 0.917. The molecule has 0 saturated heterocycles. The van der Waals surface area contributed by atoms with Crippen LogP contribution in [0, 0.1) is 0 Å². The van der Waals surface area contributed by atoms with Gasteiger partial charge in [-0.05, 0) is 40.8 Å².